The van der Waals surface area contributed by atoms with E-state index in [0.717, 1.165) is 27.6 Å². The second kappa shape index (κ2) is 8.11. The lowest BCUT2D eigenvalue weighted by Crippen LogP contribution is -2.38. The van der Waals surface area contributed by atoms with Gasteiger partial charge in [-0.05, 0) is 81.7 Å². The summed E-state index contributed by atoms with van der Waals surface area (Å²) in [6, 6.07) is 13.3. The molecule has 5 heteroatoms. The van der Waals surface area contributed by atoms with E-state index in [4.69, 9.17) is 4.74 Å². The highest BCUT2D eigenvalue weighted by atomic mass is 16.5. The van der Waals surface area contributed by atoms with Gasteiger partial charge in [0.1, 0.15) is 5.75 Å². The van der Waals surface area contributed by atoms with Crippen LogP contribution in [0.5, 0.6) is 5.75 Å². The highest BCUT2D eigenvalue weighted by Gasteiger charge is 2.30. The van der Waals surface area contributed by atoms with Crippen LogP contribution in [0.3, 0.4) is 0 Å². The molecule has 0 atom stereocenters. The van der Waals surface area contributed by atoms with E-state index >= 15 is 0 Å². The van der Waals surface area contributed by atoms with Crippen molar-refractivity contribution in [3.63, 3.8) is 0 Å². The number of hydrogen-bond acceptors (Lipinski definition) is 4. The van der Waals surface area contributed by atoms with E-state index in [9.17, 15) is 14.7 Å². The summed E-state index contributed by atoms with van der Waals surface area (Å²) < 4.78 is 5.73. The Morgan fingerprint density at radius 1 is 1.03 bits per heavy atom. The minimum absolute atomic E-state index is 0.117. The summed E-state index contributed by atoms with van der Waals surface area (Å²) in [5.74, 6) is -0.607. The topological polar surface area (TPSA) is 76.5 Å². The maximum atomic E-state index is 12.8. The number of allylic oxidation sites excluding steroid dienone is 1. The largest absolute Gasteiger partial charge is 0.478 e. The monoisotopic (exact) mass is 403 g/mol. The fourth-order valence-electron chi connectivity index (χ4n) is 3.26. The predicted octanol–water partition coefficient (Wildman–Crippen LogP) is 5.30. The molecular weight excluding hydrogens is 378 g/mol. The molecule has 0 aliphatic rings. The summed E-state index contributed by atoms with van der Waals surface area (Å²) in [4.78, 5) is 28.6. The van der Waals surface area contributed by atoms with Gasteiger partial charge in [0.15, 0.2) is 11.4 Å². The minimum atomic E-state index is -1.33. The number of benzene rings is 2. The van der Waals surface area contributed by atoms with Crippen LogP contribution in [-0.4, -0.2) is 27.4 Å². The maximum absolute atomic E-state index is 12.8. The van der Waals surface area contributed by atoms with E-state index < -0.39 is 11.6 Å². The van der Waals surface area contributed by atoms with E-state index in [-0.39, 0.29) is 5.78 Å². The van der Waals surface area contributed by atoms with Crippen LogP contribution in [0, 0.1) is 20.8 Å². The van der Waals surface area contributed by atoms with Crippen LogP contribution in [-0.2, 0) is 4.79 Å². The van der Waals surface area contributed by atoms with Gasteiger partial charge in [0.05, 0.1) is 5.52 Å². The van der Waals surface area contributed by atoms with Crippen molar-refractivity contribution in [1.29, 1.82) is 0 Å². The van der Waals surface area contributed by atoms with Crippen LogP contribution in [0.4, 0.5) is 0 Å². The third-order valence-corrected chi connectivity index (χ3v) is 4.96. The molecule has 3 aromatic rings. The zero-order valence-corrected chi connectivity index (χ0v) is 17.8. The molecule has 3 rings (SSSR count). The number of nitrogens with zero attached hydrogens (tertiary/aromatic N) is 1. The maximum Gasteiger partial charge on any atom is 0.347 e. The molecule has 0 unspecified atom stereocenters. The van der Waals surface area contributed by atoms with Crippen LogP contribution in [0.1, 0.15) is 46.6 Å². The molecule has 0 bridgehead atoms. The number of fused-ring (bicyclic) bond motifs is 1. The molecule has 0 aliphatic carbocycles. The minimum Gasteiger partial charge on any atom is -0.478 e. The molecule has 0 amide bonds. The molecule has 1 aromatic heterocycles. The van der Waals surface area contributed by atoms with Gasteiger partial charge in [-0.15, -0.1) is 0 Å². The number of para-hydroxylation sites is 1. The summed E-state index contributed by atoms with van der Waals surface area (Å²) in [6.07, 6.45) is 3.29. The fourth-order valence-corrected chi connectivity index (χ4v) is 3.26. The van der Waals surface area contributed by atoms with Crippen LogP contribution < -0.4 is 4.74 Å². The fraction of sp³-hybridized carbons (Fsp3) is 0.240. The number of ether oxygens (including phenoxy) is 1. The number of carbonyl (C=O) groups is 2. The summed E-state index contributed by atoms with van der Waals surface area (Å²) in [6.45, 7) is 8.58. The Morgan fingerprint density at radius 2 is 1.67 bits per heavy atom. The molecule has 5 nitrogen and oxygen atoms in total. The summed E-state index contributed by atoms with van der Waals surface area (Å²) in [5, 5.41) is 10.2. The average Bonchev–Trinajstić information content (AvgIpc) is 2.68. The van der Waals surface area contributed by atoms with E-state index in [2.05, 4.69) is 4.98 Å². The summed E-state index contributed by atoms with van der Waals surface area (Å²) in [5.41, 5.74) is 3.24. The lowest BCUT2D eigenvalue weighted by atomic mass is 10.0. The first-order valence-electron chi connectivity index (χ1n) is 9.71. The number of carbonyl (C=O) groups excluding carboxylic acids is 1. The van der Waals surface area contributed by atoms with Gasteiger partial charge in [-0.25, -0.2) is 4.79 Å². The van der Waals surface area contributed by atoms with E-state index in [1.165, 1.54) is 19.9 Å². The standard InChI is InChI=1S/C25H25NO4/c1-15-12-18(13-16(2)23(15)30-25(4,5)24(28)29)10-11-22(27)20-14-19-8-6-7-9-21(19)26-17(20)3/h6-14H,1-5H3,(H,28,29)/b11-10+. The van der Waals surface area contributed by atoms with Crippen molar-refractivity contribution in [2.75, 3.05) is 0 Å². The molecule has 0 fully saturated rings. The van der Waals surface area contributed by atoms with Gasteiger partial charge >= 0.3 is 5.97 Å². The molecule has 0 spiro atoms. The lowest BCUT2D eigenvalue weighted by molar-refractivity contribution is -0.152. The first kappa shape index (κ1) is 21.2. The Morgan fingerprint density at radius 3 is 2.30 bits per heavy atom. The van der Waals surface area contributed by atoms with E-state index in [1.54, 1.807) is 6.08 Å². The summed E-state index contributed by atoms with van der Waals surface area (Å²) >= 11 is 0. The number of ketones is 1. The first-order chi connectivity index (χ1) is 14.1. The number of carboxylic acid groups (broad SMARTS) is 1. The smallest absolute Gasteiger partial charge is 0.347 e. The molecule has 2 aromatic carbocycles. The Balaban J connectivity index is 1.87. The quantitative estimate of drug-likeness (QED) is 0.446. The molecular formula is C25H25NO4. The normalized spacial score (nSPS) is 11.8. The van der Waals surface area contributed by atoms with Crippen molar-refractivity contribution in [3.8, 4) is 5.75 Å². The van der Waals surface area contributed by atoms with Crippen LogP contribution in [0.2, 0.25) is 0 Å². The van der Waals surface area contributed by atoms with Crippen molar-refractivity contribution >= 4 is 28.7 Å². The third-order valence-electron chi connectivity index (χ3n) is 4.96. The van der Waals surface area contributed by atoms with Crippen LogP contribution in [0.25, 0.3) is 17.0 Å². The van der Waals surface area contributed by atoms with Gasteiger partial charge < -0.3 is 9.84 Å². The number of hydrogen-bond donors (Lipinski definition) is 1. The molecule has 1 N–H and O–H groups in total. The van der Waals surface area contributed by atoms with Gasteiger partial charge in [0, 0.05) is 16.6 Å². The Kier molecular flexibility index (Phi) is 5.74. The van der Waals surface area contributed by atoms with Gasteiger partial charge in [0.25, 0.3) is 0 Å². The average molecular weight is 403 g/mol. The second-order valence-corrected chi connectivity index (χ2v) is 7.91. The highest BCUT2D eigenvalue weighted by Crippen LogP contribution is 2.29. The van der Waals surface area contributed by atoms with E-state index in [0.29, 0.717) is 17.0 Å². The van der Waals surface area contributed by atoms with Crippen LogP contribution in [0.15, 0.2) is 48.5 Å². The zero-order valence-electron chi connectivity index (χ0n) is 17.8. The number of aliphatic carboxylic acids is 1. The Labute approximate surface area is 176 Å². The van der Waals surface area contributed by atoms with Gasteiger partial charge in [-0.1, -0.05) is 24.3 Å². The van der Waals surface area contributed by atoms with Crippen molar-refractivity contribution in [2.24, 2.45) is 0 Å². The van der Waals surface area contributed by atoms with Crippen molar-refractivity contribution in [1.82, 2.24) is 4.98 Å². The molecule has 0 aliphatic heterocycles. The van der Waals surface area contributed by atoms with Crippen molar-refractivity contribution in [3.05, 3.63) is 76.5 Å². The molecule has 0 radical (unpaired) electrons. The Hall–Kier alpha value is -3.47. The molecule has 1 heterocycles. The highest BCUT2D eigenvalue weighted by molar-refractivity contribution is 6.09. The lowest BCUT2D eigenvalue weighted by Gasteiger charge is -2.24. The van der Waals surface area contributed by atoms with Crippen molar-refractivity contribution in [2.45, 2.75) is 40.2 Å². The SMILES string of the molecule is Cc1cc(/C=C/C(=O)c2cc3ccccc3nc2C)cc(C)c1OC(C)(C)C(=O)O. The molecule has 0 saturated heterocycles. The van der Waals surface area contributed by atoms with Gasteiger partial charge in [-0.2, -0.15) is 0 Å². The zero-order chi connectivity index (χ0) is 22.1. The number of aromatic nitrogens is 1. The van der Waals surface area contributed by atoms with Crippen LogP contribution >= 0.6 is 0 Å². The Bertz CT molecular complexity index is 1150. The van der Waals surface area contributed by atoms with Gasteiger partial charge in [0.2, 0.25) is 0 Å². The van der Waals surface area contributed by atoms with E-state index in [1.807, 2.05) is 63.2 Å². The van der Waals surface area contributed by atoms with Gasteiger partial charge in [-0.3, -0.25) is 9.78 Å². The number of pyridine rings is 1. The number of aryl methyl sites for hydroxylation is 3. The molecule has 154 valence electrons. The first-order valence-corrected chi connectivity index (χ1v) is 9.71. The molecule has 30 heavy (non-hydrogen) atoms. The van der Waals surface area contributed by atoms with Crippen molar-refractivity contribution < 1.29 is 19.4 Å². The molecule has 0 saturated carbocycles. The number of rotatable bonds is 6. The second-order valence-electron chi connectivity index (χ2n) is 7.91. The number of carboxylic acids is 1. The summed E-state index contributed by atoms with van der Waals surface area (Å²) in [7, 11) is 0. The predicted molar refractivity (Wildman–Crippen MR) is 118 cm³/mol. The third kappa shape index (κ3) is 4.40.